The number of aromatic nitrogens is 1. The van der Waals surface area contributed by atoms with E-state index < -0.39 is 11.9 Å². The van der Waals surface area contributed by atoms with E-state index in [2.05, 4.69) is 4.98 Å². The van der Waals surface area contributed by atoms with Crippen LogP contribution in [0.1, 0.15) is 21.6 Å². The average Bonchev–Trinajstić information content (AvgIpc) is 2.99. The molecule has 1 heterocycles. The Kier molecular flexibility index (Phi) is 4.26. The number of nitrogens with one attached hydrogen (secondary N) is 1. The van der Waals surface area contributed by atoms with Crippen molar-refractivity contribution in [2.45, 2.75) is 0 Å². The van der Waals surface area contributed by atoms with Gasteiger partial charge in [0.15, 0.2) is 0 Å². The van der Waals surface area contributed by atoms with Crippen molar-refractivity contribution in [1.29, 1.82) is 0 Å². The van der Waals surface area contributed by atoms with Crippen LogP contribution in [0.3, 0.4) is 0 Å². The number of rotatable bonds is 4. The van der Waals surface area contributed by atoms with Gasteiger partial charge in [0.25, 0.3) is 0 Å². The second-order valence-corrected chi connectivity index (χ2v) is 5.37. The third-order valence-electron chi connectivity index (χ3n) is 3.80. The fraction of sp³-hybridized carbons (Fsp3) is 0.0526. The molecule has 126 valence electrons. The van der Waals surface area contributed by atoms with Crippen LogP contribution in [0.4, 0.5) is 0 Å². The normalized spacial score (nSPS) is 11.5. The summed E-state index contributed by atoms with van der Waals surface area (Å²) in [5.41, 5.74) is 1.47. The molecule has 0 aliphatic carbocycles. The summed E-state index contributed by atoms with van der Waals surface area (Å²) < 4.78 is 4.83. The Morgan fingerprint density at radius 1 is 1.08 bits per heavy atom. The molecule has 25 heavy (non-hydrogen) atoms. The molecular weight excluding hydrogens is 322 g/mol. The zero-order valence-electron chi connectivity index (χ0n) is 13.3. The van der Waals surface area contributed by atoms with Crippen LogP contribution >= 0.6 is 0 Å². The molecule has 0 fully saturated rings. The third-order valence-corrected chi connectivity index (χ3v) is 3.80. The van der Waals surface area contributed by atoms with Crippen molar-refractivity contribution >= 4 is 34.5 Å². The Morgan fingerprint density at radius 2 is 1.76 bits per heavy atom. The van der Waals surface area contributed by atoms with Gasteiger partial charge in [0.05, 0.1) is 23.9 Å². The van der Waals surface area contributed by atoms with Crippen LogP contribution < -0.4 is 0 Å². The van der Waals surface area contributed by atoms with Crippen molar-refractivity contribution in [3.8, 4) is 5.75 Å². The largest absolute Gasteiger partial charge is 0.508 e. The molecule has 3 N–H and O–H groups in total. The number of H-pyrrole nitrogens is 1. The van der Waals surface area contributed by atoms with E-state index >= 15 is 0 Å². The van der Waals surface area contributed by atoms with Crippen LogP contribution in [0, 0.1) is 0 Å². The fourth-order valence-corrected chi connectivity index (χ4v) is 2.64. The molecule has 3 rings (SSSR count). The lowest BCUT2D eigenvalue weighted by Gasteiger charge is -2.05. The quantitative estimate of drug-likeness (QED) is 0.501. The number of para-hydroxylation sites is 1. The first-order valence-electron chi connectivity index (χ1n) is 7.44. The zero-order chi connectivity index (χ0) is 18.0. The summed E-state index contributed by atoms with van der Waals surface area (Å²) in [6.45, 7) is 0. The first kappa shape index (κ1) is 16.3. The molecule has 0 saturated carbocycles. The summed E-state index contributed by atoms with van der Waals surface area (Å²) in [5, 5.41) is 19.6. The number of aromatic hydroxyl groups is 1. The van der Waals surface area contributed by atoms with E-state index in [4.69, 9.17) is 4.74 Å². The molecular formula is C19H15NO5. The predicted octanol–water partition coefficient (Wildman–Crippen LogP) is 3.29. The van der Waals surface area contributed by atoms with Crippen LogP contribution in [0.2, 0.25) is 0 Å². The molecule has 0 saturated heterocycles. The van der Waals surface area contributed by atoms with Gasteiger partial charge in [-0.15, -0.1) is 0 Å². The molecule has 0 atom stereocenters. The summed E-state index contributed by atoms with van der Waals surface area (Å²) in [5.74, 6) is -1.73. The molecule has 2 aromatic carbocycles. The van der Waals surface area contributed by atoms with E-state index in [0.29, 0.717) is 16.5 Å². The minimum atomic E-state index is -1.19. The van der Waals surface area contributed by atoms with E-state index in [9.17, 15) is 19.8 Å². The van der Waals surface area contributed by atoms with Crippen molar-refractivity contribution < 1.29 is 24.5 Å². The van der Waals surface area contributed by atoms with E-state index in [1.165, 1.54) is 25.3 Å². The standard InChI is InChI=1S/C19H15NO5/c1-25-19(24)16-13-4-2-3-5-15(13)20-17(16)14(18(22)23)10-11-6-8-12(21)9-7-11/h2-10,20-21H,1H3,(H,22,23)/b14-10+. The van der Waals surface area contributed by atoms with Crippen LogP contribution in [0.25, 0.3) is 22.6 Å². The molecule has 0 aliphatic heterocycles. The molecule has 0 unspecified atom stereocenters. The molecule has 3 aromatic rings. The van der Waals surface area contributed by atoms with Gasteiger partial charge in [-0.25, -0.2) is 9.59 Å². The number of fused-ring (bicyclic) bond motifs is 1. The number of phenolic OH excluding ortho intramolecular Hbond substituents is 1. The van der Waals surface area contributed by atoms with Crippen molar-refractivity contribution in [2.75, 3.05) is 7.11 Å². The Bertz CT molecular complexity index is 983. The average molecular weight is 337 g/mol. The van der Waals surface area contributed by atoms with Gasteiger partial charge < -0.3 is 19.9 Å². The maximum absolute atomic E-state index is 12.2. The number of carboxylic acid groups (broad SMARTS) is 1. The van der Waals surface area contributed by atoms with E-state index in [-0.39, 0.29) is 22.6 Å². The monoisotopic (exact) mass is 337 g/mol. The second kappa shape index (κ2) is 6.52. The first-order valence-corrected chi connectivity index (χ1v) is 7.44. The van der Waals surface area contributed by atoms with Crippen LogP contribution in [-0.2, 0) is 9.53 Å². The molecule has 0 aliphatic rings. The summed E-state index contributed by atoms with van der Waals surface area (Å²) >= 11 is 0. The zero-order valence-corrected chi connectivity index (χ0v) is 13.3. The predicted molar refractivity (Wildman–Crippen MR) is 93.3 cm³/mol. The molecule has 0 spiro atoms. The number of carbonyl (C=O) groups excluding carboxylic acids is 1. The summed E-state index contributed by atoms with van der Waals surface area (Å²) in [6.07, 6.45) is 1.43. The van der Waals surface area contributed by atoms with E-state index in [0.717, 1.165) is 0 Å². The fourth-order valence-electron chi connectivity index (χ4n) is 2.64. The number of aromatic amines is 1. The van der Waals surface area contributed by atoms with Gasteiger partial charge >= 0.3 is 11.9 Å². The van der Waals surface area contributed by atoms with Crippen LogP contribution in [-0.4, -0.2) is 34.2 Å². The van der Waals surface area contributed by atoms with Crippen LogP contribution in [0.15, 0.2) is 48.5 Å². The number of benzene rings is 2. The minimum Gasteiger partial charge on any atom is -0.508 e. The second-order valence-electron chi connectivity index (χ2n) is 5.37. The van der Waals surface area contributed by atoms with Gasteiger partial charge in [0.2, 0.25) is 0 Å². The van der Waals surface area contributed by atoms with E-state index in [1.807, 2.05) is 0 Å². The number of hydrogen-bond acceptors (Lipinski definition) is 4. The molecule has 6 heteroatoms. The van der Waals surface area contributed by atoms with Crippen molar-refractivity contribution in [3.05, 3.63) is 65.4 Å². The first-order chi connectivity index (χ1) is 12.0. The number of carbonyl (C=O) groups is 2. The lowest BCUT2D eigenvalue weighted by atomic mass is 10.0. The molecule has 1 aromatic heterocycles. The number of phenols is 1. The van der Waals surface area contributed by atoms with Crippen molar-refractivity contribution in [2.24, 2.45) is 0 Å². The highest BCUT2D eigenvalue weighted by Gasteiger charge is 2.24. The molecule has 6 nitrogen and oxygen atoms in total. The van der Waals surface area contributed by atoms with Gasteiger partial charge in [0.1, 0.15) is 5.75 Å². The number of carboxylic acids is 1. The summed E-state index contributed by atoms with van der Waals surface area (Å²) in [7, 11) is 1.25. The molecule has 0 amide bonds. The summed E-state index contributed by atoms with van der Waals surface area (Å²) in [4.78, 5) is 27.1. The maximum atomic E-state index is 12.2. The minimum absolute atomic E-state index is 0.0786. The van der Waals surface area contributed by atoms with Crippen molar-refractivity contribution in [3.63, 3.8) is 0 Å². The highest BCUT2D eigenvalue weighted by Crippen LogP contribution is 2.29. The highest BCUT2D eigenvalue weighted by atomic mass is 16.5. The Hall–Kier alpha value is -3.54. The topological polar surface area (TPSA) is 99.6 Å². The number of ether oxygens (including phenoxy) is 1. The molecule has 0 bridgehead atoms. The number of esters is 1. The van der Waals surface area contributed by atoms with Gasteiger partial charge in [-0.2, -0.15) is 0 Å². The number of aliphatic carboxylic acids is 1. The smallest absolute Gasteiger partial charge is 0.340 e. The molecule has 0 radical (unpaired) electrons. The number of methoxy groups -OCH3 is 1. The van der Waals surface area contributed by atoms with E-state index in [1.54, 1.807) is 36.4 Å². The lowest BCUT2D eigenvalue weighted by molar-refractivity contribution is -0.130. The highest BCUT2D eigenvalue weighted by molar-refractivity contribution is 6.24. The summed E-state index contributed by atoms with van der Waals surface area (Å²) in [6, 6.07) is 13.1. The van der Waals surface area contributed by atoms with Gasteiger partial charge in [-0.05, 0) is 29.8 Å². The van der Waals surface area contributed by atoms with Gasteiger partial charge in [-0.1, -0.05) is 30.3 Å². The lowest BCUT2D eigenvalue weighted by Crippen LogP contribution is -2.08. The Labute approximate surface area is 143 Å². The SMILES string of the molecule is COC(=O)c1c(/C(=C\c2ccc(O)cc2)C(=O)O)[nH]c2ccccc12. The Balaban J connectivity index is 2.25. The Morgan fingerprint density at radius 3 is 2.40 bits per heavy atom. The van der Waals surface area contributed by atoms with Gasteiger partial charge in [0, 0.05) is 10.9 Å². The number of hydrogen-bond donors (Lipinski definition) is 3. The van der Waals surface area contributed by atoms with Crippen LogP contribution in [0.5, 0.6) is 5.75 Å². The maximum Gasteiger partial charge on any atom is 0.340 e. The van der Waals surface area contributed by atoms with Gasteiger partial charge in [-0.3, -0.25) is 0 Å². The third kappa shape index (κ3) is 3.10. The van der Waals surface area contributed by atoms with Crippen molar-refractivity contribution in [1.82, 2.24) is 4.98 Å².